The molecule has 0 amide bonds. The van der Waals surface area contributed by atoms with Crippen molar-refractivity contribution >= 4 is 34.8 Å². The molecule has 0 spiro atoms. The van der Waals surface area contributed by atoms with Gasteiger partial charge in [-0.1, -0.05) is 34.8 Å². The highest BCUT2D eigenvalue weighted by Crippen LogP contribution is 2.55. The minimum absolute atomic E-state index is 0.252. The molecule has 1 aliphatic carbocycles. The van der Waals surface area contributed by atoms with Crippen LogP contribution in [0.15, 0.2) is 0 Å². The van der Waals surface area contributed by atoms with Gasteiger partial charge in [-0.15, -0.1) is 0 Å². The first-order chi connectivity index (χ1) is 3.46. The van der Waals surface area contributed by atoms with Crippen LogP contribution in [-0.4, -0.2) is 9.46 Å². The second-order valence-corrected chi connectivity index (χ2v) is 3.99. The molecule has 48 valence electrons. The summed E-state index contributed by atoms with van der Waals surface area (Å²) in [6, 6.07) is 0. The highest BCUT2D eigenvalue weighted by Gasteiger charge is 2.57. The molecule has 0 N–H and O–H groups in total. The molecule has 0 nitrogen and oxygen atoms in total. The third-order valence-electron chi connectivity index (χ3n) is 1.29. The van der Waals surface area contributed by atoms with E-state index in [4.69, 9.17) is 34.8 Å². The van der Waals surface area contributed by atoms with Crippen molar-refractivity contribution in [1.82, 2.24) is 0 Å². The average Bonchev–Trinajstić information content (AvgIpc) is 1.64. The van der Waals surface area contributed by atoms with Gasteiger partial charge in [-0.3, -0.25) is 0 Å². The lowest BCUT2D eigenvalue weighted by atomic mass is 9.95. The zero-order chi connectivity index (χ0) is 6.41. The molecule has 0 aromatic heterocycles. The lowest BCUT2D eigenvalue weighted by Gasteiger charge is -2.40. The molecule has 1 aliphatic rings. The molecule has 0 heterocycles. The predicted octanol–water partition coefficient (Wildman–Crippen LogP) is 2.86. The van der Waals surface area contributed by atoms with Crippen molar-refractivity contribution in [2.75, 3.05) is 0 Å². The van der Waals surface area contributed by atoms with Crippen molar-refractivity contribution in [3.05, 3.63) is 0 Å². The fraction of sp³-hybridized carbons (Fsp3) is 1.00. The van der Waals surface area contributed by atoms with Crippen molar-refractivity contribution in [3.8, 4) is 0 Å². The van der Waals surface area contributed by atoms with Crippen molar-refractivity contribution in [2.45, 2.75) is 22.3 Å². The summed E-state index contributed by atoms with van der Waals surface area (Å²) in [4.78, 5) is 0. The van der Waals surface area contributed by atoms with E-state index in [0.717, 1.165) is 0 Å². The van der Waals surface area contributed by atoms with Crippen molar-refractivity contribution in [3.63, 3.8) is 0 Å². The van der Waals surface area contributed by atoms with Crippen LogP contribution >= 0.6 is 34.8 Å². The van der Waals surface area contributed by atoms with Crippen LogP contribution in [0.2, 0.25) is 0 Å². The van der Waals surface area contributed by atoms with Gasteiger partial charge in [0.15, 0.2) is 4.33 Å². The summed E-state index contributed by atoms with van der Waals surface area (Å²) in [6.07, 6.45) is 0.692. The van der Waals surface area contributed by atoms with E-state index in [1.807, 2.05) is 0 Å². The Morgan fingerprint density at radius 2 is 1.50 bits per heavy atom. The monoisotopic (exact) mass is 176 g/mol. The third kappa shape index (κ3) is 0.810. The number of hydrogen-bond donors (Lipinski definition) is 0. The Bertz CT molecular complexity index is 95.9. The molecule has 1 atom stereocenters. The quantitative estimate of drug-likeness (QED) is 0.499. The lowest BCUT2D eigenvalue weighted by molar-refractivity contribution is 0.143. The van der Waals surface area contributed by atoms with Gasteiger partial charge in [-0.25, -0.2) is 4.39 Å². The molecule has 1 saturated carbocycles. The first kappa shape index (κ1) is 6.91. The fourth-order valence-electron chi connectivity index (χ4n) is 0.503. The van der Waals surface area contributed by atoms with E-state index in [1.54, 1.807) is 0 Å². The molecule has 0 bridgehead atoms. The van der Waals surface area contributed by atoms with Crippen LogP contribution in [-0.2, 0) is 0 Å². The Balaban J connectivity index is 2.63. The van der Waals surface area contributed by atoms with E-state index in [0.29, 0.717) is 6.42 Å². The van der Waals surface area contributed by atoms with Crippen molar-refractivity contribution < 1.29 is 4.39 Å². The number of rotatable bonds is 0. The maximum atomic E-state index is 12.5. The molecular formula is C4H4Cl3F. The predicted molar refractivity (Wildman–Crippen MR) is 33.4 cm³/mol. The molecule has 1 rings (SSSR count). The highest BCUT2D eigenvalue weighted by molar-refractivity contribution is 6.54. The van der Waals surface area contributed by atoms with Gasteiger partial charge in [0.05, 0.1) is 0 Å². The molecular weight excluding hydrogens is 173 g/mol. The molecule has 8 heavy (non-hydrogen) atoms. The van der Waals surface area contributed by atoms with E-state index in [-0.39, 0.29) is 6.42 Å². The zero-order valence-electron chi connectivity index (χ0n) is 3.93. The highest BCUT2D eigenvalue weighted by atomic mass is 35.5. The maximum Gasteiger partial charge on any atom is 0.216 e. The number of hydrogen-bond acceptors (Lipinski definition) is 0. The van der Waals surface area contributed by atoms with Crippen LogP contribution in [0.3, 0.4) is 0 Å². The van der Waals surface area contributed by atoms with Gasteiger partial charge in [-0.2, -0.15) is 0 Å². The second kappa shape index (κ2) is 1.65. The van der Waals surface area contributed by atoms with Gasteiger partial charge < -0.3 is 0 Å². The Labute approximate surface area is 61.9 Å². The van der Waals surface area contributed by atoms with Gasteiger partial charge in [0.1, 0.15) is 0 Å². The summed E-state index contributed by atoms with van der Waals surface area (Å²) in [6.45, 7) is 0. The van der Waals surface area contributed by atoms with E-state index in [9.17, 15) is 4.39 Å². The SMILES string of the molecule is FC1(Cl)CCC1(Cl)Cl. The maximum absolute atomic E-state index is 12.5. The summed E-state index contributed by atoms with van der Waals surface area (Å²) < 4.78 is 11.1. The first-order valence-electron chi connectivity index (χ1n) is 2.21. The minimum Gasteiger partial charge on any atom is -0.223 e. The minimum atomic E-state index is -1.88. The molecule has 0 radical (unpaired) electrons. The number of halogens is 4. The second-order valence-electron chi connectivity index (χ2n) is 1.91. The summed E-state index contributed by atoms with van der Waals surface area (Å²) in [5.41, 5.74) is 0. The average molecular weight is 177 g/mol. The van der Waals surface area contributed by atoms with E-state index < -0.39 is 9.46 Å². The summed E-state index contributed by atoms with van der Waals surface area (Å²) in [5, 5.41) is -1.88. The zero-order valence-corrected chi connectivity index (χ0v) is 6.19. The molecule has 0 aliphatic heterocycles. The van der Waals surface area contributed by atoms with Crippen LogP contribution in [0, 0.1) is 0 Å². The van der Waals surface area contributed by atoms with Gasteiger partial charge in [0.25, 0.3) is 0 Å². The van der Waals surface area contributed by atoms with Gasteiger partial charge in [-0.05, 0) is 6.42 Å². The van der Waals surface area contributed by atoms with Crippen molar-refractivity contribution in [2.24, 2.45) is 0 Å². The van der Waals surface area contributed by atoms with Gasteiger partial charge >= 0.3 is 0 Å². The molecule has 4 heteroatoms. The van der Waals surface area contributed by atoms with Crippen LogP contribution in [0.1, 0.15) is 12.8 Å². The van der Waals surface area contributed by atoms with E-state index in [2.05, 4.69) is 0 Å². The Kier molecular flexibility index (Phi) is 1.42. The lowest BCUT2D eigenvalue weighted by Crippen LogP contribution is -2.47. The molecule has 0 aromatic rings. The third-order valence-corrected chi connectivity index (χ3v) is 2.97. The summed E-state index contributed by atoms with van der Waals surface area (Å²) in [5.74, 6) is 0. The van der Waals surface area contributed by atoms with Gasteiger partial charge in [0, 0.05) is 6.42 Å². The van der Waals surface area contributed by atoms with Crippen LogP contribution in [0.4, 0.5) is 4.39 Å². The standard InChI is InChI=1S/C4H4Cl3F/c5-3(6)1-2-4(3,7)8/h1-2H2. The van der Waals surface area contributed by atoms with Crippen LogP contribution in [0.25, 0.3) is 0 Å². The normalized spacial score (nSPS) is 43.5. The molecule has 1 unspecified atom stereocenters. The molecule has 0 aromatic carbocycles. The van der Waals surface area contributed by atoms with E-state index >= 15 is 0 Å². The smallest absolute Gasteiger partial charge is 0.216 e. The van der Waals surface area contributed by atoms with Crippen LogP contribution in [0.5, 0.6) is 0 Å². The topological polar surface area (TPSA) is 0 Å². The molecule has 1 fully saturated rings. The van der Waals surface area contributed by atoms with E-state index in [1.165, 1.54) is 0 Å². The van der Waals surface area contributed by atoms with Crippen LogP contribution < -0.4 is 0 Å². The molecule has 0 saturated heterocycles. The largest absolute Gasteiger partial charge is 0.223 e. The Morgan fingerprint density at radius 1 is 1.12 bits per heavy atom. The first-order valence-corrected chi connectivity index (χ1v) is 3.35. The van der Waals surface area contributed by atoms with Gasteiger partial charge in [0.2, 0.25) is 5.13 Å². The summed E-state index contributed by atoms with van der Waals surface area (Å²) >= 11 is 15.9. The van der Waals surface area contributed by atoms with Crippen molar-refractivity contribution in [1.29, 1.82) is 0 Å². The number of alkyl halides is 4. The fourth-order valence-corrected chi connectivity index (χ4v) is 1.07. The Morgan fingerprint density at radius 3 is 1.50 bits per heavy atom. The Hall–Kier alpha value is 0.800. The summed E-state index contributed by atoms with van der Waals surface area (Å²) in [7, 11) is 0.